The Morgan fingerprint density at radius 2 is 1.83 bits per heavy atom. The van der Waals surface area contributed by atoms with Crippen molar-refractivity contribution in [2.75, 3.05) is 20.0 Å². The number of nitrogens with one attached hydrogen (secondary N) is 1. The van der Waals surface area contributed by atoms with Gasteiger partial charge in [0.15, 0.2) is 0 Å². The zero-order chi connectivity index (χ0) is 17.1. The first kappa shape index (κ1) is 16.4. The molecule has 0 unspecified atom stereocenters. The summed E-state index contributed by atoms with van der Waals surface area (Å²) in [6, 6.07) is 11.4. The van der Waals surface area contributed by atoms with E-state index in [0.29, 0.717) is 28.3 Å². The van der Waals surface area contributed by atoms with Crippen molar-refractivity contribution in [2.45, 2.75) is 6.42 Å². The van der Waals surface area contributed by atoms with Crippen LogP contribution in [-0.4, -0.2) is 31.8 Å². The Balaban J connectivity index is 1.95. The van der Waals surface area contributed by atoms with Gasteiger partial charge in [-0.3, -0.25) is 4.79 Å². The number of esters is 1. The van der Waals surface area contributed by atoms with Crippen LogP contribution in [0.2, 0.25) is 0 Å². The molecule has 0 radical (unpaired) electrons. The summed E-state index contributed by atoms with van der Waals surface area (Å²) in [6.45, 7) is 0. The lowest BCUT2D eigenvalue weighted by Gasteiger charge is -2.12. The highest BCUT2D eigenvalue weighted by molar-refractivity contribution is 8.04. The summed E-state index contributed by atoms with van der Waals surface area (Å²) in [7, 11) is 2.87. The summed E-state index contributed by atoms with van der Waals surface area (Å²) in [4.78, 5) is 24.9. The zero-order valence-electron chi connectivity index (χ0n) is 13.4. The number of amides is 1. The van der Waals surface area contributed by atoms with Gasteiger partial charge in [0.05, 0.1) is 19.8 Å². The third-order valence-corrected chi connectivity index (χ3v) is 4.93. The topological polar surface area (TPSA) is 64.6 Å². The molecule has 1 heterocycles. The molecule has 0 fully saturated rings. The van der Waals surface area contributed by atoms with E-state index in [1.165, 1.54) is 26.0 Å². The predicted octanol–water partition coefficient (Wildman–Crippen LogP) is 3.10. The van der Waals surface area contributed by atoms with E-state index in [1.807, 2.05) is 30.3 Å². The van der Waals surface area contributed by atoms with Crippen LogP contribution < -0.4 is 10.1 Å². The predicted molar refractivity (Wildman–Crippen MR) is 94.1 cm³/mol. The molecule has 5 nitrogen and oxygen atoms in total. The second kappa shape index (κ2) is 6.97. The molecule has 24 heavy (non-hydrogen) atoms. The quantitative estimate of drug-likeness (QED) is 0.864. The highest BCUT2D eigenvalue weighted by Gasteiger charge is 2.25. The fourth-order valence-electron chi connectivity index (χ4n) is 2.62. The maximum atomic E-state index is 12.7. The number of carbonyl (C=O) groups is 2. The standard InChI is InChI=1S/C18H17NO4S/c1-22-15-10-12-6-4-3-5-11(12)9-13(15)17(20)19-14-7-8-24-16(14)18(21)23-2/h3-6,9-10H,7-8H2,1-2H3,(H,19,20). The summed E-state index contributed by atoms with van der Waals surface area (Å²) in [5.74, 6) is 0.529. The molecule has 6 heteroatoms. The molecule has 0 spiro atoms. The van der Waals surface area contributed by atoms with Crippen LogP contribution in [0.15, 0.2) is 47.0 Å². The van der Waals surface area contributed by atoms with Crippen LogP contribution in [0.25, 0.3) is 10.8 Å². The zero-order valence-corrected chi connectivity index (χ0v) is 14.2. The van der Waals surface area contributed by atoms with Crippen molar-refractivity contribution in [3.05, 3.63) is 52.6 Å². The van der Waals surface area contributed by atoms with Gasteiger partial charge in [0, 0.05) is 11.4 Å². The molecule has 1 aliphatic heterocycles. The second-order valence-electron chi connectivity index (χ2n) is 5.25. The van der Waals surface area contributed by atoms with E-state index in [1.54, 1.807) is 6.07 Å². The third-order valence-electron chi connectivity index (χ3n) is 3.82. The molecule has 0 saturated heterocycles. The van der Waals surface area contributed by atoms with Crippen LogP contribution in [0.5, 0.6) is 5.75 Å². The van der Waals surface area contributed by atoms with E-state index >= 15 is 0 Å². The van der Waals surface area contributed by atoms with E-state index in [0.717, 1.165) is 16.5 Å². The summed E-state index contributed by atoms with van der Waals surface area (Å²) in [5, 5.41) is 4.79. The molecular weight excluding hydrogens is 326 g/mol. The normalized spacial score (nSPS) is 13.9. The molecule has 0 saturated carbocycles. The first-order valence-corrected chi connectivity index (χ1v) is 8.45. The summed E-state index contributed by atoms with van der Waals surface area (Å²) < 4.78 is 10.1. The molecule has 2 aromatic rings. The van der Waals surface area contributed by atoms with Gasteiger partial charge in [-0.15, -0.1) is 11.8 Å². The number of allylic oxidation sites excluding steroid dienone is 1. The van der Waals surface area contributed by atoms with E-state index in [-0.39, 0.29) is 5.91 Å². The lowest BCUT2D eigenvalue weighted by atomic mass is 10.1. The van der Waals surface area contributed by atoms with Crippen molar-refractivity contribution in [1.82, 2.24) is 5.32 Å². The minimum absolute atomic E-state index is 0.295. The van der Waals surface area contributed by atoms with Gasteiger partial charge in [-0.1, -0.05) is 24.3 Å². The summed E-state index contributed by atoms with van der Waals surface area (Å²) in [6.07, 6.45) is 0.622. The minimum atomic E-state index is -0.418. The summed E-state index contributed by atoms with van der Waals surface area (Å²) >= 11 is 1.39. The highest BCUT2D eigenvalue weighted by Crippen LogP contribution is 2.32. The molecule has 1 aliphatic rings. The Hall–Kier alpha value is -2.47. The molecule has 0 aliphatic carbocycles. The summed E-state index contributed by atoms with van der Waals surface area (Å²) in [5.41, 5.74) is 1.04. The van der Waals surface area contributed by atoms with Crippen molar-refractivity contribution < 1.29 is 19.1 Å². The highest BCUT2D eigenvalue weighted by atomic mass is 32.2. The Morgan fingerprint density at radius 1 is 1.12 bits per heavy atom. The van der Waals surface area contributed by atoms with E-state index in [9.17, 15) is 9.59 Å². The number of carbonyl (C=O) groups excluding carboxylic acids is 2. The maximum absolute atomic E-state index is 12.7. The largest absolute Gasteiger partial charge is 0.496 e. The van der Waals surface area contributed by atoms with Gasteiger partial charge in [0.2, 0.25) is 0 Å². The van der Waals surface area contributed by atoms with Gasteiger partial charge >= 0.3 is 5.97 Å². The molecule has 0 atom stereocenters. The van der Waals surface area contributed by atoms with Crippen LogP contribution in [0.3, 0.4) is 0 Å². The Kier molecular flexibility index (Phi) is 4.76. The lowest BCUT2D eigenvalue weighted by molar-refractivity contribution is -0.135. The van der Waals surface area contributed by atoms with E-state index in [2.05, 4.69) is 5.32 Å². The molecule has 124 valence electrons. The van der Waals surface area contributed by atoms with Crippen molar-refractivity contribution in [3.8, 4) is 5.75 Å². The van der Waals surface area contributed by atoms with Gasteiger partial charge in [0.25, 0.3) is 5.91 Å². The monoisotopic (exact) mass is 343 g/mol. The molecule has 0 bridgehead atoms. The number of hydrogen-bond acceptors (Lipinski definition) is 5. The van der Waals surface area contributed by atoms with E-state index in [4.69, 9.17) is 9.47 Å². The van der Waals surface area contributed by atoms with Crippen LogP contribution in [0, 0.1) is 0 Å². The van der Waals surface area contributed by atoms with Crippen LogP contribution in [0.4, 0.5) is 0 Å². The van der Waals surface area contributed by atoms with Crippen molar-refractivity contribution in [3.63, 3.8) is 0 Å². The third kappa shape index (κ3) is 3.10. The molecule has 1 amide bonds. The molecular formula is C18H17NO4S. The average Bonchev–Trinajstić information content (AvgIpc) is 3.07. The Labute approximate surface area is 144 Å². The number of hydrogen-bond donors (Lipinski definition) is 1. The smallest absolute Gasteiger partial charge is 0.346 e. The van der Waals surface area contributed by atoms with Crippen LogP contribution in [-0.2, 0) is 9.53 Å². The number of methoxy groups -OCH3 is 2. The molecule has 2 aromatic carbocycles. The number of rotatable bonds is 4. The second-order valence-corrected chi connectivity index (χ2v) is 6.36. The number of thioether (sulfide) groups is 1. The molecule has 3 rings (SSSR count). The lowest BCUT2D eigenvalue weighted by Crippen LogP contribution is -2.24. The Morgan fingerprint density at radius 3 is 2.50 bits per heavy atom. The first-order chi connectivity index (χ1) is 11.6. The van der Waals surface area contributed by atoms with Crippen LogP contribution in [0.1, 0.15) is 16.8 Å². The fraction of sp³-hybridized carbons (Fsp3) is 0.222. The maximum Gasteiger partial charge on any atom is 0.346 e. The van der Waals surface area contributed by atoms with Gasteiger partial charge in [-0.05, 0) is 29.3 Å². The van der Waals surface area contributed by atoms with Crippen LogP contribution >= 0.6 is 11.8 Å². The number of ether oxygens (including phenoxy) is 2. The van der Waals surface area contributed by atoms with Crippen molar-refractivity contribution >= 4 is 34.4 Å². The first-order valence-electron chi connectivity index (χ1n) is 7.46. The molecule has 1 N–H and O–H groups in total. The molecule has 0 aromatic heterocycles. The van der Waals surface area contributed by atoms with Gasteiger partial charge < -0.3 is 14.8 Å². The SMILES string of the molecule is COC(=O)C1=C(NC(=O)c2cc3ccccc3cc2OC)CCS1. The van der Waals surface area contributed by atoms with E-state index < -0.39 is 5.97 Å². The van der Waals surface area contributed by atoms with Crippen molar-refractivity contribution in [2.24, 2.45) is 0 Å². The van der Waals surface area contributed by atoms with Gasteiger partial charge in [0.1, 0.15) is 10.7 Å². The van der Waals surface area contributed by atoms with Gasteiger partial charge in [-0.2, -0.15) is 0 Å². The number of fused-ring (bicyclic) bond motifs is 1. The van der Waals surface area contributed by atoms with Crippen molar-refractivity contribution in [1.29, 1.82) is 0 Å². The fourth-order valence-corrected chi connectivity index (χ4v) is 3.66. The van der Waals surface area contributed by atoms with Gasteiger partial charge in [-0.25, -0.2) is 4.79 Å². The Bertz CT molecular complexity index is 844. The average molecular weight is 343 g/mol. The minimum Gasteiger partial charge on any atom is -0.496 e. The number of benzene rings is 2.